The predicted octanol–water partition coefficient (Wildman–Crippen LogP) is 2.54. The van der Waals surface area contributed by atoms with E-state index in [0.29, 0.717) is 12.1 Å². The lowest BCUT2D eigenvalue weighted by atomic mass is 10.0. The van der Waals surface area contributed by atoms with Gasteiger partial charge in [-0.25, -0.2) is 0 Å². The maximum atomic E-state index is 3.58. The van der Waals surface area contributed by atoms with Gasteiger partial charge in [0, 0.05) is 23.2 Å². The van der Waals surface area contributed by atoms with E-state index in [1.165, 1.54) is 0 Å². The zero-order chi connectivity index (χ0) is 11.6. The number of rotatable bonds is 3. The number of nitrogens with one attached hydrogen (secondary N) is 2. The Morgan fingerprint density at radius 3 is 1.00 bits per heavy atom. The Morgan fingerprint density at radius 2 is 0.857 bits per heavy atom. The largest absolute Gasteiger partial charge is 0.308 e. The molecule has 0 unspecified atom stereocenters. The van der Waals surface area contributed by atoms with E-state index in [9.17, 15) is 0 Å². The van der Waals surface area contributed by atoms with Crippen LogP contribution in [0.4, 0.5) is 0 Å². The van der Waals surface area contributed by atoms with Gasteiger partial charge < -0.3 is 10.6 Å². The predicted molar refractivity (Wildman–Crippen MR) is 64.7 cm³/mol. The van der Waals surface area contributed by atoms with Crippen LogP contribution in [0.3, 0.4) is 0 Å². The minimum atomic E-state index is 0.188. The van der Waals surface area contributed by atoms with Gasteiger partial charge in [0.15, 0.2) is 0 Å². The summed E-state index contributed by atoms with van der Waals surface area (Å²) in [5.41, 5.74) is 0.375. The summed E-state index contributed by atoms with van der Waals surface area (Å²) >= 11 is 0. The molecule has 2 nitrogen and oxygen atoms in total. The minimum absolute atomic E-state index is 0.188. The van der Waals surface area contributed by atoms with Crippen molar-refractivity contribution in [1.82, 2.24) is 10.6 Å². The molecule has 0 saturated carbocycles. The summed E-state index contributed by atoms with van der Waals surface area (Å²) in [6, 6.07) is 0.962. The molecule has 2 N–H and O–H groups in total. The van der Waals surface area contributed by atoms with Crippen LogP contribution < -0.4 is 10.6 Å². The van der Waals surface area contributed by atoms with Gasteiger partial charge in [0.05, 0.1) is 0 Å². The average Bonchev–Trinajstić information content (AvgIpc) is 1.78. The average molecular weight is 200 g/mol. The van der Waals surface area contributed by atoms with E-state index in [1.54, 1.807) is 0 Å². The molecule has 0 aromatic carbocycles. The normalized spacial score (nSPS) is 18.0. The Bertz CT molecular complexity index is 142. The first-order valence-electron chi connectivity index (χ1n) is 5.57. The summed E-state index contributed by atoms with van der Waals surface area (Å²) in [5.74, 6) is 0. The van der Waals surface area contributed by atoms with E-state index >= 15 is 0 Å². The summed E-state index contributed by atoms with van der Waals surface area (Å²) in [7, 11) is 0. The van der Waals surface area contributed by atoms with Crippen molar-refractivity contribution < 1.29 is 0 Å². The van der Waals surface area contributed by atoms with Crippen molar-refractivity contribution in [2.45, 2.75) is 78.6 Å². The summed E-state index contributed by atoms with van der Waals surface area (Å²) in [5, 5.41) is 7.16. The van der Waals surface area contributed by atoms with Crippen LogP contribution in [0.1, 0.15) is 55.4 Å². The summed E-state index contributed by atoms with van der Waals surface area (Å²) in [4.78, 5) is 0. The third-order valence-corrected chi connectivity index (χ3v) is 2.07. The van der Waals surface area contributed by atoms with E-state index in [2.05, 4.69) is 66.0 Å². The maximum absolute atomic E-state index is 3.58. The van der Waals surface area contributed by atoms with Gasteiger partial charge in [0.1, 0.15) is 0 Å². The van der Waals surface area contributed by atoms with Crippen LogP contribution in [-0.4, -0.2) is 23.2 Å². The standard InChI is InChI=1S/C12H28N2/c1-9(13-11(3,4)5)10(2)14-12(6,7)8/h9-10,13-14H,1-8H3/t9-,10+. The topological polar surface area (TPSA) is 24.1 Å². The van der Waals surface area contributed by atoms with Crippen LogP contribution in [0.5, 0.6) is 0 Å². The number of hydrogen-bond acceptors (Lipinski definition) is 2. The second-order valence-corrected chi connectivity index (χ2v) is 6.37. The fraction of sp³-hybridized carbons (Fsp3) is 1.00. The molecule has 0 aliphatic rings. The molecule has 0 aromatic rings. The van der Waals surface area contributed by atoms with Crippen molar-refractivity contribution in [3.05, 3.63) is 0 Å². The zero-order valence-corrected chi connectivity index (χ0v) is 11.2. The molecule has 0 bridgehead atoms. The van der Waals surface area contributed by atoms with Gasteiger partial charge in [0.25, 0.3) is 0 Å². The molecule has 0 saturated heterocycles. The van der Waals surface area contributed by atoms with Crippen molar-refractivity contribution in [2.24, 2.45) is 0 Å². The third-order valence-electron chi connectivity index (χ3n) is 2.07. The molecule has 0 aliphatic heterocycles. The fourth-order valence-electron chi connectivity index (χ4n) is 1.62. The first kappa shape index (κ1) is 13.9. The molecular weight excluding hydrogens is 172 g/mol. The lowest BCUT2D eigenvalue weighted by Crippen LogP contribution is -2.55. The van der Waals surface area contributed by atoms with Gasteiger partial charge in [-0.05, 0) is 55.4 Å². The van der Waals surface area contributed by atoms with Crippen LogP contribution in [0.2, 0.25) is 0 Å². The van der Waals surface area contributed by atoms with Crippen LogP contribution in [0.25, 0.3) is 0 Å². The molecule has 0 aliphatic carbocycles. The molecule has 2 heteroatoms. The first-order valence-corrected chi connectivity index (χ1v) is 5.57. The Kier molecular flexibility index (Phi) is 4.60. The van der Waals surface area contributed by atoms with Crippen molar-refractivity contribution in [3.63, 3.8) is 0 Å². The van der Waals surface area contributed by atoms with Gasteiger partial charge in [0.2, 0.25) is 0 Å². The lowest BCUT2D eigenvalue weighted by Gasteiger charge is -2.34. The maximum Gasteiger partial charge on any atom is 0.0195 e. The van der Waals surface area contributed by atoms with Crippen molar-refractivity contribution in [1.29, 1.82) is 0 Å². The second kappa shape index (κ2) is 4.63. The fourth-order valence-corrected chi connectivity index (χ4v) is 1.62. The van der Waals surface area contributed by atoms with E-state index in [-0.39, 0.29) is 11.1 Å². The number of hydrogen-bond donors (Lipinski definition) is 2. The highest BCUT2D eigenvalue weighted by atomic mass is 15.1. The first-order chi connectivity index (χ1) is 6.01. The van der Waals surface area contributed by atoms with Crippen LogP contribution in [-0.2, 0) is 0 Å². The van der Waals surface area contributed by atoms with Crippen LogP contribution in [0, 0.1) is 0 Å². The highest BCUT2D eigenvalue weighted by Gasteiger charge is 2.21. The highest BCUT2D eigenvalue weighted by molar-refractivity contribution is 4.85. The summed E-state index contributed by atoms with van der Waals surface area (Å²) in [6.45, 7) is 17.7. The van der Waals surface area contributed by atoms with E-state index in [4.69, 9.17) is 0 Å². The molecule has 14 heavy (non-hydrogen) atoms. The summed E-state index contributed by atoms with van der Waals surface area (Å²) < 4.78 is 0. The zero-order valence-electron chi connectivity index (χ0n) is 11.2. The smallest absolute Gasteiger partial charge is 0.0195 e. The molecule has 86 valence electrons. The third kappa shape index (κ3) is 7.34. The molecule has 0 radical (unpaired) electrons. The van der Waals surface area contributed by atoms with Crippen molar-refractivity contribution in [2.75, 3.05) is 0 Å². The molecular formula is C12H28N2. The molecule has 0 aromatic heterocycles. The molecule has 0 heterocycles. The molecule has 0 rings (SSSR count). The quantitative estimate of drug-likeness (QED) is 0.731. The Morgan fingerprint density at radius 1 is 0.643 bits per heavy atom. The van der Waals surface area contributed by atoms with E-state index in [0.717, 1.165) is 0 Å². The summed E-state index contributed by atoms with van der Waals surface area (Å²) in [6.07, 6.45) is 0. The Hall–Kier alpha value is -0.0800. The van der Waals surface area contributed by atoms with Gasteiger partial charge in [-0.1, -0.05) is 0 Å². The van der Waals surface area contributed by atoms with Crippen molar-refractivity contribution >= 4 is 0 Å². The molecule has 0 spiro atoms. The van der Waals surface area contributed by atoms with Crippen LogP contribution >= 0.6 is 0 Å². The Labute approximate surface area is 89.9 Å². The van der Waals surface area contributed by atoms with E-state index in [1.807, 2.05) is 0 Å². The molecule has 0 fully saturated rings. The molecule has 2 atom stereocenters. The SMILES string of the molecule is C[C@H](NC(C)(C)C)[C@@H](C)NC(C)(C)C. The lowest BCUT2D eigenvalue weighted by molar-refractivity contribution is 0.277. The van der Waals surface area contributed by atoms with Gasteiger partial charge in [-0.2, -0.15) is 0 Å². The van der Waals surface area contributed by atoms with Gasteiger partial charge >= 0.3 is 0 Å². The van der Waals surface area contributed by atoms with Crippen LogP contribution in [0.15, 0.2) is 0 Å². The Balaban J connectivity index is 4.07. The highest BCUT2D eigenvalue weighted by Crippen LogP contribution is 2.07. The van der Waals surface area contributed by atoms with Gasteiger partial charge in [-0.15, -0.1) is 0 Å². The minimum Gasteiger partial charge on any atom is -0.308 e. The van der Waals surface area contributed by atoms with Gasteiger partial charge in [-0.3, -0.25) is 0 Å². The van der Waals surface area contributed by atoms with E-state index < -0.39 is 0 Å². The van der Waals surface area contributed by atoms with Crippen molar-refractivity contribution in [3.8, 4) is 0 Å². The molecule has 0 amide bonds. The monoisotopic (exact) mass is 200 g/mol. The second-order valence-electron chi connectivity index (χ2n) is 6.37.